The van der Waals surface area contributed by atoms with Crippen LogP contribution in [-0.4, -0.2) is 15.2 Å². The van der Waals surface area contributed by atoms with Crippen LogP contribution >= 0.6 is 11.3 Å². The molecular formula is C12H11NO4S2. The molecule has 1 aliphatic heterocycles. The van der Waals surface area contributed by atoms with Gasteiger partial charge in [-0.25, -0.2) is 13.1 Å². The highest BCUT2D eigenvalue weighted by Gasteiger charge is 2.16. The van der Waals surface area contributed by atoms with Gasteiger partial charge in [-0.3, -0.25) is 0 Å². The molecular weight excluding hydrogens is 286 g/mol. The zero-order chi connectivity index (χ0) is 13.3. The molecule has 1 aromatic heterocycles. The van der Waals surface area contributed by atoms with Crippen LogP contribution in [0.3, 0.4) is 0 Å². The largest absolute Gasteiger partial charge is 0.454 e. The number of ether oxygens (including phenoxy) is 2. The van der Waals surface area contributed by atoms with Crippen LogP contribution in [0.2, 0.25) is 0 Å². The van der Waals surface area contributed by atoms with Gasteiger partial charge in [0.1, 0.15) is 4.21 Å². The van der Waals surface area contributed by atoms with E-state index in [0.717, 1.165) is 5.56 Å². The van der Waals surface area contributed by atoms with E-state index in [1.54, 1.807) is 29.6 Å². The average Bonchev–Trinajstić information content (AvgIpc) is 3.07. The molecule has 0 bridgehead atoms. The Morgan fingerprint density at radius 1 is 1.21 bits per heavy atom. The molecule has 0 saturated heterocycles. The van der Waals surface area contributed by atoms with Crippen molar-refractivity contribution >= 4 is 21.4 Å². The first kappa shape index (κ1) is 12.5. The summed E-state index contributed by atoms with van der Waals surface area (Å²) in [7, 11) is -3.43. The monoisotopic (exact) mass is 297 g/mol. The van der Waals surface area contributed by atoms with Crippen LogP contribution in [0.4, 0.5) is 0 Å². The first-order chi connectivity index (χ1) is 9.15. The van der Waals surface area contributed by atoms with E-state index in [-0.39, 0.29) is 13.3 Å². The Kier molecular flexibility index (Phi) is 3.17. The summed E-state index contributed by atoms with van der Waals surface area (Å²) in [4.78, 5) is 0. The van der Waals surface area contributed by atoms with Gasteiger partial charge in [-0.15, -0.1) is 11.3 Å². The molecule has 19 heavy (non-hydrogen) atoms. The third-order valence-electron chi connectivity index (χ3n) is 2.66. The van der Waals surface area contributed by atoms with Crippen molar-refractivity contribution < 1.29 is 17.9 Å². The molecule has 0 aliphatic carbocycles. The van der Waals surface area contributed by atoms with Crippen LogP contribution in [0.15, 0.2) is 39.9 Å². The summed E-state index contributed by atoms with van der Waals surface area (Å²) in [5.74, 6) is 1.33. The summed E-state index contributed by atoms with van der Waals surface area (Å²) < 4.78 is 37.2. The van der Waals surface area contributed by atoms with Gasteiger partial charge in [0.15, 0.2) is 11.5 Å². The van der Waals surface area contributed by atoms with Crippen molar-refractivity contribution in [2.75, 3.05) is 6.79 Å². The Bertz CT molecular complexity index is 680. The Morgan fingerprint density at radius 2 is 2.05 bits per heavy atom. The summed E-state index contributed by atoms with van der Waals surface area (Å²) in [6.45, 7) is 0.427. The topological polar surface area (TPSA) is 64.6 Å². The van der Waals surface area contributed by atoms with E-state index < -0.39 is 10.0 Å². The van der Waals surface area contributed by atoms with E-state index in [1.165, 1.54) is 11.3 Å². The molecule has 0 saturated carbocycles. The highest BCUT2D eigenvalue weighted by Crippen LogP contribution is 2.32. The van der Waals surface area contributed by atoms with E-state index in [9.17, 15) is 8.42 Å². The van der Waals surface area contributed by atoms with E-state index >= 15 is 0 Å². The zero-order valence-electron chi connectivity index (χ0n) is 9.83. The Balaban J connectivity index is 1.73. The summed E-state index contributed by atoms with van der Waals surface area (Å²) >= 11 is 1.19. The summed E-state index contributed by atoms with van der Waals surface area (Å²) in [6.07, 6.45) is 0. The van der Waals surface area contributed by atoms with E-state index in [4.69, 9.17) is 9.47 Å². The first-order valence-corrected chi connectivity index (χ1v) is 7.93. The van der Waals surface area contributed by atoms with Crippen molar-refractivity contribution in [2.24, 2.45) is 0 Å². The van der Waals surface area contributed by atoms with Gasteiger partial charge < -0.3 is 9.47 Å². The molecule has 0 fully saturated rings. The molecule has 0 amide bonds. The standard InChI is InChI=1S/C12H11NO4S2/c14-19(15,12-2-1-5-18-12)13-7-9-3-4-10-11(6-9)17-8-16-10/h1-6,13H,7-8H2. The maximum Gasteiger partial charge on any atom is 0.250 e. The fourth-order valence-electron chi connectivity index (χ4n) is 1.72. The maximum atomic E-state index is 11.9. The number of benzene rings is 1. The lowest BCUT2D eigenvalue weighted by Crippen LogP contribution is -2.22. The molecule has 2 heterocycles. The Labute approximate surface area is 114 Å². The van der Waals surface area contributed by atoms with Crippen molar-refractivity contribution in [1.29, 1.82) is 0 Å². The van der Waals surface area contributed by atoms with Crippen molar-refractivity contribution in [1.82, 2.24) is 4.72 Å². The van der Waals surface area contributed by atoms with Crippen LogP contribution in [-0.2, 0) is 16.6 Å². The average molecular weight is 297 g/mol. The van der Waals surface area contributed by atoms with Gasteiger partial charge in [0.25, 0.3) is 0 Å². The fourth-order valence-corrected chi connectivity index (χ4v) is 3.77. The molecule has 0 spiro atoms. The van der Waals surface area contributed by atoms with Crippen molar-refractivity contribution in [2.45, 2.75) is 10.8 Å². The van der Waals surface area contributed by atoms with E-state index in [1.807, 2.05) is 6.07 Å². The quantitative estimate of drug-likeness (QED) is 0.937. The summed E-state index contributed by atoms with van der Waals surface area (Å²) in [5, 5.41) is 1.73. The van der Waals surface area contributed by atoms with Crippen molar-refractivity contribution in [3.8, 4) is 11.5 Å². The maximum absolute atomic E-state index is 11.9. The second-order valence-electron chi connectivity index (χ2n) is 3.94. The van der Waals surface area contributed by atoms with Gasteiger partial charge in [0, 0.05) is 6.54 Å². The smallest absolute Gasteiger partial charge is 0.250 e. The number of nitrogens with one attached hydrogen (secondary N) is 1. The minimum Gasteiger partial charge on any atom is -0.454 e. The third kappa shape index (κ3) is 2.58. The number of rotatable bonds is 4. The summed E-state index contributed by atoms with van der Waals surface area (Å²) in [6, 6.07) is 8.65. The molecule has 2 aromatic rings. The van der Waals surface area contributed by atoms with Gasteiger partial charge in [-0.05, 0) is 29.1 Å². The lowest BCUT2D eigenvalue weighted by Gasteiger charge is -2.05. The SMILES string of the molecule is O=S(=O)(NCc1ccc2c(c1)OCO2)c1cccs1. The van der Waals surface area contributed by atoms with Crippen LogP contribution in [0.1, 0.15) is 5.56 Å². The van der Waals surface area contributed by atoms with Gasteiger partial charge in [-0.2, -0.15) is 0 Å². The van der Waals surface area contributed by atoms with Crippen molar-refractivity contribution in [3.05, 3.63) is 41.3 Å². The summed E-state index contributed by atoms with van der Waals surface area (Å²) in [5.41, 5.74) is 0.824. The van der Waals surface area contributed by atoms with Gasteiger partial charge in [0.2, 0.25) is 16.8 Å². The van der Waals surface area contributed by atoms with Gasteiger partial charge >= 0.3 is 0 Å². The van der Waals surface area contributed by atoms with Crippen LogP contribution in [0.25, 0.3) is 0 Å². The number of hydrogen-bond donors (Lipinski definition) is 1. The number of hydrogen-bond acceptors (Lipinski definition) is 5. The predicted octanol–water partition coefficient (Wildman–Crippen LogP) is 1.96. The number of sulfonamides is 1. The lowest BCUT2D eigenvalue weighted by atomic mass is 10.2. The van der Waals surface area contributed by atoms with E-state index in [2.05, 4.69) is 4.72 Å². The molecule has 7 heteroatoms. The van der Waals surface area contributed by atoms with Gasteiger partial charge in [0.05, 0.1) is 0 Å². The molecule has 0 atom stereocenters. The first-order valence-electron chi connectivity index (χ1n) is 5.57. The second kappa shape index (κ2) is 4.84. The van der Waals surface area contributed by atoms with E-state index in [0.29, 0.717) is 15.7 Å². The zero-order valence-corrected chi connectivity index (χ0v) is 11.5. The Hall–Kier alpha value is -1.57. The van der Waals surface area contributed by atoms with Crippen LogP contribution in [0.5, 0.6) is 11.5 Å². The third-order valence-corrected chi connectivity index (χ3v) is 5.46. The molecule has 0 radical (unpaired) electrons. The second-order valence-corrected chi connectivity index (χ2v) is 6.89. The minimum atomic E-state index is -3.43. The number of thiophene rings is 1. The minimum absolute atomic E-state index is 0.208. The van der Waals surface area contributed by atoms with Gasteiger partial charge in [-0.1, -0.05) is 12.1 Å². The highest BCUT2D eigenvalue weighted by molar-refractivity contribution is 7.91. The molecule has 100 valence electrons. The van der Waals surface area contributed by atoms with Crippen molar-refractivity contribution in [3.63, 3.8) is 0 Å². The predicted molar refractivity (Wildman–Crippen MR) is 70.9 cm³/mol. The Morgan fingerprint density at radius 3 is 2.84 bits per heavy atom. The number of fused-ring (bicyclic) bond motifs is 1. The normalized spacial score (nSPS) is 13.7. The lowest BCUT2D eigenvalue weighted by molar-refractivity contribution is 0.174. The molecule has 1 aromatic carbocycles. The van der Waals surface area contributed by atoms with Crippen LogP contribution in [0, 0.1) is 0 Å². The molecule has 5 nitrogen and oxygen atoms in total. The highest BCUT2D eigenvalue weighted by atomic mass is 32.2. The fraction of sp³-hybridized carbons (Fsp3) is 0.167. The molecule has 0 unspecified atom stereocenters. The molecule has 3 rings (SSSR count). The molecule has 1 aliphatic rings. The molecule has 1 N–H and O–H groups in total. The van der Waals surface area contributed by atoms with Crippen LogP contribution < -0.4 is 14.2 Å².